The van der Waals surface area contributed by atoms with Crippen LogP contribution in [-0.4, -0.2) is 15.6 Å². The lowest BCUT2D eigenvalue weighted by molar-refractivity contribution is 0.0969. The number of aromatic nitrogens is 2. The summed E-state index contributed by atoms with van der Waals surface area (Å²) in [6.45, 7) is 3.02. The Labute approximate surface area is 107 Å². The SMILES string of the molecule is Cc1c(C)c(=O)n(CC(=O)c2cccs2)[nH]c1=O. The molecule has 0 aliphatic carbocycles. The number of carbonyl (C=O) groups is 1. The number of thiophene rings is 1. The first-order valence-corrected chi connectivity index (χ1v) is 6.25. The number of nitrogens with zero attached hydrogens (tertiary/aromatic N) is 1. The van der Waals surface area contributed by atoms with Crippen LogP contribution in [0, 0.1) is 13.8 Å². The molecule has 2 heterocycles. The molecule has 0 amide bonds. The molecule has 2 aromatic heterocycles. The number of Topliss-reactive ketones (excluding diaryl/α,β-unsaturated/α-hetero) is 1. The Hall–Kier alpha value is -1.95. The van der Waals surface area contributed by atoms with Crippen LogP contribution < -0.4 is 11.1 Å². The number of hydrogen-bond acceptors (Lipinski definition) is 4. The van der Waals surface area contributed by atoms with Crippen LogP contribution >= 0.6 is 11.3 Å². The van der Waals surface area contributed by atoms with Crippen molar-refractivity contribution in [2.24, 2.45) is 0 Å². The maximum Gasteiger partial charge on any atom is 0.268 e. The first-order chi connectivity index (χ1) is 8.50. The van der Waals surface area contributed by atoms with E-state index in [4.69, 9.17) is 0 Å². The predicted molar refractivity (Wildman–Crippen MR) is 69.4 cm³/mol. The molecule has 6 heteroatoms. The molecular formula is C12H12N2O3S. The lowest BCUT2D eigenvalue weighted by Gasteiger charge is -2.06. The van der Waals surface area contributed by atoms with E-state index in [9.17, 15) is 14.4 Å². The summed E-state index contributed by atoms with van der Waals surface area (Å²) >= 11 is 1.31. The number of aromatic amines is 1. The van der Waals surface area contributed by atoms with E-state index in [1.165, 1.54) is 11.3 Å². The lowest BCUT2D eigenvalue weighted by atomic mass is 10.2. The Morgan fingerprint density at radius 2 is 2.06 bits per heavy atom. The molecule has 0 atom stereocenters. The van der Waals surface area contributed by atoms with Gasteiger partial charge in [-0.15, -0.1) is 11.3 Å². The Morgan fingerprint density at radius 1 is 1.33 bits per heavy atom. The van der Waals surface area contributed by atoms with E-state index in [0.717, 1.165) is 4.68 Å². The smallest absolute Gasteiger partial charge is 0.268 e. The molecule has 0 spiro atoms. The van der Waals surface area contributed by atoms with Crippen LogP contribution in [0.25, 0.3) is 0 Å². The summed E-state index contributed by atoms with van der Waals surface area (Å²) in [5, 5.41) is 4.20. The summed E-state index contributed by atoms with van der Waals surface area (Å²) in [7, 11) is 0. The highest BCUT2D eigenvalue weighted by atomic mass is 32.1. The first-order valence-electron chi connectivity index (χ1n) is 5.37. The highest BCUT2D eigenvalue weighted by Gasteiger charge is 2.12. The zero-order chi connectivity index (χ0) is 13.3. The third-order valence-corrected chi connectivity index (χ3v) is 3.71. The number of rotatable bonds is 3. The lowest BCUT2D eigenvalue weighted by Crippen LogP contribution is -2.35. The Balaban J connectivity index is 2.39. The number of hydrogen-bond donors (Lipinski definition) is 1. The minimum Gasteiger partial charge on any atom is -0.291 e. The van der Waals surface area contributed by atoms with Crippen LogP contribution in [0.5, 0.6) is 0 Å². The van der Waals surface area contributed by atoms with Gasteiger partial charge in [0.05, 0.1) is 4.88 Å². The van der Waals surface area contributed by atoms with E-state index >= 15 is 0 Å². The monoisotopic (exact) mass is 264 g/mol. The van der Waals surface area contributed by atoms with Crippen LogP contribution in [0.4, 0.5) is 0 Å². The molecule has 5 nitrogen and oxygen atoms in total. The highest BCUT2D eigenvalue weighted by Crippen LogP contribution is 2.09. The maximum atomic E-state index is 11.9. The van der Waals surface area contributed by atoms with Crippen molar-refractivity contribution in [3.05, 3.63) is 54.2 Å². The third kappa shape index (κ3) is 2.19. The number of H-pyrrole nitrogens is 1. The fourth-order valence-corrected chi connectivity index (χ4v) is 2.22. The second-order valence-electron chi connectivity index (χ2n) is 3.98. The van der Waals surface area contributed by atoms with Gasteiger partial charge in [0.25, 0.3) is 11.1 Å². The first kappa shape index (κ1) is 12.5. The molecule has 2 rings (SSSR count). The Morgan fingerprint density at radius 3 is 2.67 bits per heavy atom. The molecule has 2 aromatic rings. The number of nitrogens with one attached hydrogen (secondary N) is 1. The van der Waals surface area contributed by atoms with Crippen LogP contribution in [0.15, 0.2) is 27.1 Å². The van der Waals surface area contributed by atoms with E-state index in [-0.39, 0.29) is 23.4 Å². The molecule has 0 saturated heterocycles. The van der Waals surface area contributed by atoms with Crippen molar-refractivity contribution in [2.45, 2.75) is 20.4 Å². The summed E-state index contributed by atoms with van der Waals surface area (Å²) in [6.07, 6.45) is 0. The second kappa shape index (κ2) is 4.73. The molecule has 18 heavy (non-hydrogen) atoms. The minimum atomic E-state index is -0.342. The van der Waals surface area contributed by atoms with E-state index in [1.807, 2.05) is 0 Å². The van der Waals surface area contributed by atoms with Gasteiger partial charge in [-0.05, 0) is 25.3 Å². The van der Waals surface area contributed by atoms with Gasteiger partial charge in [-0.1, -0.05) is 6.07 Å². The molecule has 0 saturated carbocycles. The fourth-order valence-electron chi connectivity index (χ4n) is 1.56. The van der Waals surface area contributed by atoms with Gasteiger partial charge in [0.15, 0.2) is 5.78 Å². The number of carbonyl (C=O) groups excluding carboxylic acids is 1. The molecular weight excluding hydrogens is 252 g/mol. The second-order valence-corrected chi connectivity index (χ2v) is 4.93. The Kier molecular flexibility index (Phi) is 3.29. The van der Waals surface area contributed by atoms with Crippen molar-refractivity contribution < 1.29 is 4.79 Å². The molecule has 0 aromatic carbocycles. The third-order valence-electron chi connectivity index (χ3n) is 2.80. The molecule has 0 unspecified atom stereocenters. The van der Waals surface area contributed by atoms with Crippen LogP contribution in [-0.2, 0) is 6.54 Å². The average Bonchev–Trinajstić information content (AvgIpc) is 2.87. The summed E-state index contributed by atoms with van der Waals surface area (Å²) in [4.78, 5) is 35.9. The van der Waals surface area contributed by atoms with E-state index in [2.05, 4.69) is 5.10 Å². The summed E-state index contributed by atoms with van der Waals surface area (Å²) in [5.74, 6) is -0.189. The van der Waals surface area contributed by atoms with Crippen molar-refractivity contribution in [1.82, 2.24) is 9.78 Å². The van der Waals surface area contributed by atoms with Crippen molar-refractivity contribution in [2.75, 3.05) is 0 Å². The van der Waals surface area contributed by atoms with Crippen LogP contribution in [0.2, 0.25) is 0 Å². The van der Waals surface area contributed by atoms with Crippen LogP contribution in [0.3, 0.4) is 0 Å². The van der Waals surface area contributed by atoms with Crippen molar-refractivity contribution in [3.63, 3.8) is 0 Å². The molecule has 94 valence electrons. The summed E-state index contributed by atoms with van der Waals surface area (Å²) in [6, 6.07) is 3.46. The summed E-state index contributed by atoms with van der Waals surface area (Å²) < 4.78 is 1.06. The van der Waals surface area contributed by atoms with Gasteiger partial charge in [0, 0.05) is 11.1 Å². The predicted octanol–water partition coefficient (Wildman–Crippen LogP) is 1.10. The van der Waals surface area contributed by atoms with Crippen LogP contribution in [0.1, 0.15) is 20.8 Å². The van der Waals surface area contributed by atoms with E-state index in [1.54, 1.807) is 31.4 Å². The van der Waals surface area contributed by atoms with Crippen molar-refractivity contribution >= 4 is 17.1 Å². The van der Waals surface area contributed by atoms with Crippen molar-refractivity contribution in [1.29, 1.82) is 0 Å². The molecule has 0 aliphatic rings. The standard InChI is InChI=1S/C12H12N2O3S/c1-7-8(2)12(17)14(13-11(7)16)6-9(15)10-4-3-5-18-10/h3-5H,6H2,1-2H3,(H,13,16). The van der Waals surface area contributed by atoms with Gasteiger partial charge < -0.3 is 0 Å². The maximum absolute atomic E-state index is 11.9. The average molecular weight is 264 g/mol. The molecule has 0 radical (unpaired) electrons. The van der Waals surface area contributed by atoms with E-state index in [0.29, 0.717) is 16.0 Å². The number of ketones is 1. The van der Waals surface area contributed by atoms with Gasteiger partial charge in [-0.2, -0.15) is 0 Å². The Bertz CT molecular complexity index is 695. The van der Waals surface area contributed by atoms with Gasteiger partial charge in [0.1, 0.15) is 6.54 Å². The zero-order valence-electron chi connectivity index (χ0n) is 10.0. The van der Waals surface area contributed by atoms with Gasteiger partial charge in [-0.25, -0.2) is 4.68 Å². The normalized spacial score (nSPS) is 10.6. The van der Waals surface area contributed by atoms with Crippen molar-refractivity contribution in [3.8, 4) is 0 Å². The van der Waals surface area contributed by atoms with E-state index < -0.39 is 0 Å². The largest absolute Gasteiger partial charge is 0.291 e. The quantitative estimate of drug-likeness (QED) is 0.844. The molecule has 0 bridgehead atoms. The molecule has 1 N–H and O–H groups in total. The highest BCUT2D eigenvalue weighted by molar-refractivity contribution is 7.12. The molecule has 0 aliphatic heterocycles. The van der Waals surface area contributed by atoms with Gasteiger partial charge in [-0.3, -0.25) is 19.5 Å². The molecule has 0 fully saturated rings. The zero-order valence-corrected chi connectivity index (χ0v) is 10.8. The topological polar surface area (TPSA) is 71.9 Å². The minimum absolute atomic E-state index is 0.143. The summed E-state index contributed by atoms with van der Waals surface area (Å²) in [5.41, 5.74) is 0.0839. The van der Waals surface area contributed by atoms with Gasteiger partial charge in [0.2, 0.25) is 0 Å². The fraction of sp³-hybridized carbons (Fsp3) is 0.250. The van der Waals surface area contributed by atoms with Gasteiger partial charge >= 0.3 is 0 Å².